The number of hydrogen-bond acceptors (Lipinski definition) is 8. The first-order valence-electron chi connectivity index (χ1n) is 7.11. The fourth-order valence-electron chi connectivity index (χ4n) is 1.29. The van der Waals surface area contributed by atoms with Gasteiger partial charge in [-0.25, -0.2) is 0 Å². The Morgan fingerprint density at radius 2 is 1.42 bits per heavy atom. The number of hydrogen-bond donors (Lipinski definition) is 0. The molecule has 0 heterocycles. The number of carbonyl (C=O) groups is 3. The van der Waals surface area contributed by atoms with Crippen molar-refractivity contribution in [2.75, 3.05) is 23.0 Å². The molecule has 0 aliphatic carbocycles. The van der Waals surface area contributed by atoms with Crippen molar-refractivity contribution >= 4 is 74.2 Å². The summed E-state index contributed by atoms with van der Waals surface area (Å²) in [6, 6.07) is 0. The maximum Gasteiger partial charge on any atom is 0.212 e. The van der Waals surface area contributed by atoms with Gasteiger partial charge in [0.25, 0.3) is 0 Å². The first kappa shape index (κ1) is 24.0. The van der Waals surface area contributed by atoms with E-state index in [9.17, 15) is 14.4 Å². The van der Waals surface area contributed by atoms with E-state index in [0.29, 0.717) is 11.5 Å². The normalized spacial score (nSPS) is 11.8. The number of thioether (sulfide) groups is 5. The third-order valence-electron chi connectivity index (χ3n) is 2.38. The summed E-state index contributed by atoms with van der Waals surface area (Å²) in [5, 5.41) is -0.0717. The molecule has 1 unspecified atom stereocenters. The molecule has 0 fully saturated rings. The van der Waals surface area contributed by atoms with E-state index in [1.54, 1.807) is 11.8 Å². The van der Waals surface area contributed by atoms with Gasteiger partial charge in [0.15, 0.2) is 0 Å². The first-order chi connectivity index (χ1) is 11.5. The highest BCUT2D eigenvalue weighted by Gasteiger charge is 2.20. The molecule has 134 valence electrons. The lowest BCUT2D eigenvalue weighted by Crippen LogP contribution is -2.16. The molecule has 0 saturated heterocycles. The topological polar surface area (TPSA) is 51.2 Å². The molecule has 0 radical (unpaired) electrons. The third kappa shape index (κ3) is 12.4. The molecule has 0 N–H and O–H groups in total. The van der Waals surface area contributed by atoms with Gasteiger partial charge in [-0.15, -0.1) is 0 Å². The van der Waals surface area contributed by atoms with Crippen molar-refractivity contribution in [1.82, 2.24) is 0 Å². The van der Waals surface area contributed by atoms with Crippen LogP contribution in [0.4, 0.5) is 0 Å². The Kier molecular flexibility index (Phi) is 15.2. The lowest BCUT2D eigenvalue weighted by Gasteiger charge is -2.18. The van der Waals surface area contributed by atoms with Gasteiger partial charge in [0.2, 0.25) is 15.3 Å². The number of carbonyl (C=O) groups excluding carboxylic acids is 3. The van der Waals surface area contributed by atoms with E-state index in [4.69, 9.17) is 0 Å². The monoisotopic (exact) mass is 422 g/mol. The second kappa shape index (κ2) is 15.3. The molecule has 0 aliphatic rings. The van der Waals surface area contributed by atoms with Gasteiger partial charge in [-0.2, -0.15) is 23.5 Å². The zero-order chi connectivity index (χ0) is 18.4. The molecule has 0 spiro atoms. The van der Waals surface area contributed by atoms with E-state index in [-0.39, 0.29) is 25.2 Å². The van der Waals surface area contributed by atoms with Crippen molar-refractivity contribution in [3.05, 3.63) is 38.0 Å². The fraction of sp³-hybridized carbons (Fsp3) is 0.438. The molecule has 24 heavy (non-hydrogen) atoms. The second-order valence-corrected chi connectivity index (χ2v) is 10.5. The molecule has 0 saturated carbocycles. The quantitative estimate of drug-likeness (QED) is 0.317. The lowest BCUT2D eigenvalue weighted by molar-refractivity contribution is -0.107. The second-order valence-electron chi connectivity index (χ2n) is 4.16. The van der Waals surface area contributed by atoms with Crippen LogP contribution >= 0.6 is 58.8 Å². The van der Waals surface area contributed by atoms with E-state index >= 15 is 0 Å². The summed E-state index contributed by atoms with van der Waals surface area (Å²) in [6.45, 7) is 12.5. The molecule has 0 aromatic rings. The molecule has 1 atom stereocenters. The molecule has 0 amide bonds. The molecule has 0 bridgehead atoms. The van der Waals surface area contributed by atoms with Crippen molar-refractivity contribution in [3.63, 3.8) is 0 Å². The van der Waals surface area contributed by atoms with E-state index in [1.807, 2.05) is 11.8 Å². The van der Waals surface area contributed by atoms with Gasteiger partial charge in [-0.1, -0.05) is 61.9 Å². The van der Waals surface area contributed by atoms with Crippen LogP contribution in [0.25, 0.3) is 0 Å². The molecule has 0 aromatic heterocycles. The zero-order valence-corrected chi connectivity index (χ0v) is 17.7. The van der Waals surface area contributed by atoms with Crippen LogP contribution in [0.5, 0.6) is 0 Å². The third-order valence-corrected chi connectivity index (χ3v) is 8.86. The van der Waals surface area contributed by atoms with Crippen molar-refractivity contribution in [1.29, 1.82) is 0 Å². The largest absolute Gasteiger partial charge is 0.282 e. The van der Waals surface area contributed by atoms with E-state index in [0.717, 1.165) is 35.0 Å². The Labute approximate surface area is 165 Å². The maximum atomic E-state index is 11.6. The Morgan fingerprint density at radius 1 is 0.875 bits per heavy atom. The summed E-state index contributed by atoms with van der Waals surface area (Å²) < 4.78 is -0.194. The van der Waals surface area contributed by atoms with Crippen LogP contribution in [0.1, 0.15) is 6.92 Å². The summed E-state index contributed by atoms with van der Waals surface area (Å²) in [7, 11) is 0. The van der Waals surface area contributed by atoms with Crippen LogP contribution in [0.3, 0.4) is 0 Å². The van der Waals surface area contributed by atoms with Crippen LogP contribution in [-0.2, 0) is 14.4 Å². The predicted molar refractivity (Wildman–Crippen MR) is 116 cm³/mol. The fourth-order valence-corrected chi connectivity index (χ4v) is 6.82. The van der Waals surface area contributed by atoms with Gasteiger partial charge in [-0.05, 0) is 24.0 Å². The first-order valence-corrected chi connectivity index (χ1v) is 12.1. The van der Waals surface area contributed by atoms with Crippen LogP contribution in [0, 0.1) is 0 Å². The molecule has 3 nitrogen and oxygen atoms in total. The zero-order valence-electron chi connectivity index (χ0n) is 13.6. The highest BCUT2D eigenvalue weighted by atomic mass is 32.2. The Morgan fingerprint density at radius 3 is 1.88 bits per heavy atom. The smallest absolute Gasteiger partial charge is 0.212 e. The molecule has 0 aromatic carbocycles. The van der Waals surface area contributed by atoms with Crippen LogP contribution < -0.4 is 0 Å². The van der Waals surface area contributed by atoms with Crippen molar-refractivity contribution < 1.29 is 14.4 Å². The minimum Gasteiger partial charge on any atom is -0.282 e. The highest BCUT2D eigenvalue weighted by molar-refractivity contribution is 8.30. The Bertz CT molecular complexity index is 443. The average molecular weight is 423 g/mol. The van der Waals surface area contributed by atoms with Gasteiger partial charge >= 0.3 is 0 Å². The molecule has 0 rings (SSSR count). The summed E-state index contributed by atoms with van der Waals surface area (Å²) in [5.41, 5.74) is 0. The van der Waals surface area contributed by atoms with Gasteiger partial charge in [-0.3, -0.25) is 14.4 Å². The van der Waals surface area contributed by atoms with Gasteiger partial charge in [0.05, 0.1) is 4.58 Å². The van der Waals surface area contributed by atoms with Gasteiger partial charge < -0.3 is 0 Å². The van der Waals surface area contributed by atoms with Crippen LogP contribution in [0.15, 0.2) is 38.0 Å². The minimum absolute atomic E-state index is 0.0360. The molecule has 0 aliphatic heterocycles. The lowest BCUT2D eigenvalue weighted by atomic mass is 10.5. The minimum atomic E-state index is -0.194. The van der Waals surface area contributed by atoms with Gasteiger partial charge in [0.1, 0.15) is 0 Å². The maximum absolute atomic E-state index is 11.6. The Hall–Kier alpha value is -0.0200. The van der Waals surface area contributed by atoms with Crippen molar-refractivity contribution in [2.24, 2.45) is 0 Å². The summed E-state index contributed by atoms with van der Waals surface area (Å²) >= 11 is 6.96. The van der Waals surface area contributed by atoms with Gasteiger partial charge in [0, 0.05) is 22.5 Å². The van der Waals surface area contributed by atoms with E-state index in [1.165, 1.54) is 30.0 Å². The highest BCUT2D eigenvalue weighted by Crippen LogP contribution is 2.32. The summed E-state index contributed by atoms with van der Waals surface area (Å²) in [4.78, 5) is 34.6. The van der Waals surface area contributed by atoms with Crippen molar-refractivity contribution in [2.45, 2.75) is 16.8 Å². The van der Waals surface area contributed by atoms with E-state index < -0.39 is 0 Å². The summed E-state index contributed by atoms with van der Waals surface area (Å²) in [6.07, 6.45) is 3.83. The summed E-state index contributed by atoms with van der Waals surface area (Å²) in [5.74, 6) is 3.25. The SMILES string of the molecule is C=CC(=O)SCC(CSCC)SCC(SC(=O)C=C)SC(=O)C=C. The predicted octanol–water partition coefficient (Wildman–Crippen LogP) is 4.50. The van der Waals surface area contributed by atoms with Crippen molar-refractivity contribution in [3.8, 4) is 0 Å². The number of rotatable bonds is 13. The molecular weight excluding hydrogens is 401 g/mol. The average Bonchev–Trinajstić information content (AvgIpc) is 2.59. The van der Waals surface area contributed by atoms with E-state index in [2.05, 4.69) is 26.7 Å². The standard InChI is InChI=1S/C16H22O3S5/c1-5-13(17)22-10-12(9-20-8-4)21-11-16(23-14(18)6-2)24-15(19)7-3/h5-7,12,16H,1-3,8-11H2,4H3. The van der Waals surface area contributed by atoms with Crippen LogP contribution in [0.2, 0.25) is 0 Å². The molecular formula is C16H22O3S5. The molecule has 8 heteroatoms. The Balaban J connectivity index is 4.66. The van der Waals surface area contributed by atoms with Crippen LogP contribution in [-0.4, -0.2) is 48.2 Å².